The van der Waals surface area contributed by atoms with Crippen molar-refractivity contribution in [3.8, 4) is 0 Å². The Balaban J connectivity index is 2.11. The van der Waals surface area contributed by atoms with Gasteiger partial charge < -0.3 is 5.32 Å². The number of rotatable bonds is 5. The van der Waals surface area contributed by atoms with Crippen LogP contribution in [0.25, 0.3) is 0 Å². The van der Waals surface area contributed by atoms with Crippen LogP contribution < -0.4 is 5.32 Å². The summed E-state index contributed by atoms with van der Waals surface area (Å²) >= 11 is 0. The zero-order chi connectivity index (χ0) is 14.8. The van der Waals surface area contributed by atoms with Crippen LogP contribution in [0.2, 0.25) is 0 Å². The van der Waals surface area contributed by atoms with Crippen LogP contribution in [0.5, 0.6) is 0 Å². The lowest BCUT2D eigenvalue weighted by Gasteiger charge is -2.07. The fraction of sp³-hybridized carbons (Fsp3) is 0.692. The lowest BCUT2D eigenvalue weighted by molar-refractivity contribution is -0.142. The molecule has 0 unspecified atom stereocenters. The maximum Gasteiger partial charge on any atom is 0.435 e. The minimum absolute atomic E-state index is 0.137. The number of carbonyl (C=O) groups is 1. The van der Waals surface area contributed by atoms with Gasteiger partial charge in [0.05, 0.1) is 0 Å². The summed E-state index contributed by atoms with van der Waals surface area (Å²) in [5, 5.41) is 6.29. The van der Waals surface area contributed by atoms with Gasteiger partial charge in [0.1, 0.15) is 6.54 Å². The van der Waals surface area contributed by atoms with E-state index in [4.69, 9.17) is 0 Å². The summed E-state index contributed by atoms with van der Waals surface area (Å²) in [5.74, 6) is -0.288. The highest BCUT2D eigenvalue weighted by atomic mass is 19.4. The van der Waals surface area contributed by atoms with Crippen LogP contribution in [-0.2, 0) is 30.4 Å². The van der Waals surface area contributed by atoms with Crippen molar-refractivity contribution in [3.63, 3.8) is 0 Å². The molecule has 1 heterocycles. The third kappa shape index (κ3) is 3.13. The molecule has 1 amide bonds. The molecule has 20 heavy (non-hydrogen) atoms. The smallest absolute Gasteiger partial charge is 0.354 e. The summed E-state index contributed by atoms with van der Waals surface area (Å²) in [4.78, 5) is 11.7. The minimum Gasteiger partial charge on any atom is -0.354 e. The summed E-state index contributed by atoms with van der Waals surface area (Å²) in [6, 6.07) is 0. The van der Waals surface area contributed by atoms with Crippen LogP contribution in [0.1, 0.15) is 43.1 Å². The van der Waals surface area contributed by atoms with Gasteiger partial charge in [-0.2, -0.15) is 18.3 Å². The Bertz CT molecular complexity index is 494. The van der Waals surface area contributed by atoms with Crippen molar-refractivity contribution in [3.05, 3.63) is 17.0 Å². The van der Waals surface area contributed by atoms with Gasteiger partial charge in [-0.3, -0.25) is 9.48 Å². The van der Waals surface area contributed by atoms with Crippen molar-refractivity contribution < 1.29 is 18.0 Å². The number of fused-ring (bicyclic) bond motifs is 1. The van der Waals surface area contributed by atoms with Crippen molar-refractivity contribution >= 4 is 5.91 Å². The monoisotopic (exact) mass is 289 g/mol. The van der Waals surface area contributed by atoms with Crippen LogP contribution in [0.15, 0.2) is 0 Å². The van der Waals surface area contributed by atoms with Crippen molar-refractivity contribution in [2.45, 2.75) is 51.7 Å². The van der Waals surface area contributed by atoms with Gasteiger partial charge in [0, 0.05) is 17.8 Å². The van der Waals surface area contributed by atoms with Gasteiger partial charge in [0.15, 0.2) is 5.69 Å². The van der Waals surface area contributed by atoms with Gasteiger partial charge in [-0.05, 0) is 25.7 Å². The van der Waals surface area contributed by atoms with Crippen LogP contribution in [0.3, 0.4) is 0 Å². The number of alkyl halides is 3. The number of nitrogens with one attached hydrogen (secondary N) is 1. The summed E-state index contributed by atoms with van der Waals surface area (Å²) < 4.78 is 39.8. The van der Waals surface area contributed by atoms with Gasteiger partial charge in [0.2, 0.25) is 5.91 Å². The van der Waals surface area contributed by atoms with Crippen molar-refractivity contribution in [1.82, 2.24) is 15.1 Å². The van der Waals surface area contributed by atoms with E-state index in [0.717, 1.165) is 12.8 Å². The van der Waals surface area contributed by atoms with Gasteiger partial charge in [-0.15, -0.1) is 0 Å². The van der Waals surface area contributed by atoms with Gasteiger partial charge in [-0.25, -0.2) is 0 Å². The van der Waals surface area contributed by atoms with E-state index in [1.807, 2.05) is 6.92 Å². The standard InChI is InChI=1S/C13H18F3N3O/c1-2-3-7-17-11(20)8-19-10-6-4-5-9(10)12(18-19)13(14,15)16/h2-8H2,1H3,(H,17,20). The first-order valence-electron chi connectivity index (χ1n) is 6.86. The number of halogens is 3. The fourth-order valence-electron chi connectivity index (χ4n) is 2.46. The molecule has 0 saturated carbocycles. The molecule has 1 aliphatic rings. The molecule has 0 aromatic carbocycles. The van der Waals surface area contributed by atoms with Gasteiger partial charge in [-0.1, -0.05) is 13.3 Å². The number of carbonyl (C=O) groups excluding carboxylic acids is 1. The van der Waals surface area contributed by atoms with E-state index in [9.17, 15) is 18.0 Å². The predicted octanol–water partition coefficient (Wildman–Crippen LogP) is 2.31. The summed E-state index contributed by atoms with van der Waals surface area (Å²) in [6.07, 6.45) is -0.999. The van der Waals surface area contributed by atoms with E-state index in [2.05, 4.69) is 10.4 Å². The molecular formula is C13H18F3N3O. The molecule has 1 N–H and O–H groups in total. The molecule has 112 valence electrons. The normalized spacial score (nSPS) is 14.4. The molecular weight excluding hydrogens is 271 g/mol. The Hall–Kier alpha value is -1.53. The highest BCUT2D eigenvalue weighted by Crippen LogP contribution is 2.36. The second-order valence-electron chi connectivity index (χ2n) is 4.99. The van der Waals surface area contributed by atoms with E-state index >= 15 is 0 Å². The summed E-state index contributed by atoms with van der Waals surface area (Å²) in [6.45, 7) is 2.41. The first kappa shape index (κ1) is 14.9. The van der Waals surface area contributed by atoms with Gasteiger partial charge >= 0.3 is 6.18 Å². The molecule has 2 rings (SSSR count). The SMILES string of the molecule is CCCCNC(=O)Cn1nc(C(F)(F)F)c2c1CCC2. The highest BCUT2D eigenvalue weighted by molar-refractivity contribution is 5.75. The Labute approximate surface area is 115 Å². The predicted molar refractivity (Wildman–Crippen MR) is 67.2 cm³/mol. The van der Waals surface area contributed by atoms with Crippen molar-refractivity contribution in [1.29, 1.82) is 0 Å². The Kier molecular flexibility index (Phi) is 4.35. The quantitative estimate of drug-likeness (QED) is 0.846. The maximum atomic E-state index is 12.9. The van der Waals surface area contributed by atoms with E-state index in [1.165, 1.54) is 4.68 Å². The van der Waals surface area contributed by atoms with Crippen LogP contribution in [0.4, 0.5) is 13.2 Å². The van der Waals surface area contributed by atoms with E-state index in [-0.39, 0.29) is 18.0 Å². The first-order valence-corrected chi connectivity index (χ1v) is 6.86. The zero-order valence-electron chi connectivity index (χ0n) is 11.4. The second-order valence-corrected chi connectivity index (χ2v) is 4.99. The molecule has 0 spiro atoms. The van der Waals surface area contributed by atoms with E-state index in [1.54, 1.807) is 0 Å². The molecule has 1 aromatic rings. The topological polar surface area (TPSA) is 46.9 Å². The lowest BCUT2D eigenvalue weighted by atomic mass is 10.2. The zero-order valence-corrected chi connectivity index (χ0v) is 11.4. The number of unbranched alkanes of at least 4 members (excludes halogenated alkanes) is 1. The lowest BCUT2D eigenvalue weighted by Crippen LogP contribution is -2.29. The maximum absolute atomic E-state index is 12.9. The number of hydrogen-bond acceptors (Lipinski definition) is 2. The summed E-state index contributed by atoms with van der Waals surface area (Å²) in [5.41, 5.74) is -0.00631. The Morgan fingerprint density at radius 1 is 1.40 bits per heavy atom. The van der Waals surface area contributed by atoms with Crippen molar-refractivity contribution in [2.75, 3.05) is 6.54 Å². The third-order valence-electron chi connectivity index (χ3n) is 3.42. The summed E-state index contributed by atoms with van der Waals surface area (Å²) in [7, 11) is 0. The molecule has 0 saturated heterocycles. The molecule has 7 heteroatoms. The number of hydrogen-bond donors (Lipinski definition) is 1. The second kappa shape index (κ2) is 5.85. The molecule has 0 atom stereocenters. The van der Waals surface area contributed by atoms with Crippen molar-refractivity contribution in [2.24, 2.45) is 0 Å². The Morgan fingerprint density at radius 2 is 2.15 bits per heavy atom. The van der Waals surface area contributed by atoms with Crippen LogP contribution >= 0.6 is 0 Å². The van der Waals surface area contributed by atoms with E-state index in [0.29, 0.717) is 31.5 Å². The first-order chi connectivity index (χ1) is 9.43. The molecule has 0 radical (unpaired) electrons. The fourth-order valence-corrected chi connectivity index (χ4v) is 2.46. The molecule has 0 aliphatic heterocycles. The van der Waals surface area contributed by atoms with Crippen LogP contribution in [0, 0.1) is 0 Å². The Morgan fingerprint density at radius 3 is 2.80 bits per heavy atom. The average molecular weight is 289 g/mol. The molecule has 4 nitrogen and oxygen atoms in total. The van der Waals surface area contributed by atoms with E-state index < -0.39 is 11.9 Å². The number of aromatic nitrogens is 2. The highest BCUT2D eigenvalue weighted by Gasteiger charge is 2.40. The molecule has 0 fully saturated rings. The van der Waals surface area contributed by atoms with Crippen LogP contribution in [-0.4, -0.2) is 22.2 Å². The minimum atomic E-state index is -4.45. The largest absolute Gasteiger partial charge is 0.435 e. The third-order valence-corrected chi connectivity index (χ3v) is 3.42. The number of amides is 1. The molecule has 1 aromatic heterocycles. The average Bonchev–Trinajstić information content (AvgIpc) is 2.92. The molecule has 1 aliphatic carbocycles. The molecule has 0 bridgehead atoms. The van der Waals surface area contributed by atoms with Gasteiger partial charge in [0.25, 0.3) is 0 Å². The number of nitrogens with zero attached hydrogens (tertiary/aromatic N) is 2.